The monoisotopic (exact) mass is 1540 g/mol. The van der Waals surface area contributed by atoms with Crippen LogP contribution in [0.1, 0.15) is 202 Å². The number of anilines is 2. The maximum atomic E-state index is 14.7. The molecule has 6 amide bonds. The third kappa shape index (κ3) is 17.3. The highest BCUT2D eigenvalue weighted by atomic mass is 35.5. The van der Waals surface area contributed by atoms with Gasteiger partial charge in [0.15, 0.2) is 0 Å². The predicted molar refractivity (Wildman–Crippen MR) is 421 cm³/mol. The number of aryl methyl sites for hydroxylation is 2. The van der Waals surface area contributed by atoms with E-state index in [1.807, 2.05) is 102 Å². The SMILES string of the molecule is C.CC1(S(=O)(=O)NC(=O)[C@@]23C[C@H]2/C=C\CCCCC[C@H](Nc2ccccc2)C(=O)N2C[C@H](O)C[C@H]2C(=O)N3)CC1.CCc1cccc2c1nc(Cl)n2C(C)C.CCc1cccc2c1nc(O[C@@H]1C[C@H]3C(=O)N[C@]4(C(=O)NS(=O)(=O)C5(C)CC5)C[C@H]4/C=C\CCCCC[C@H](Nc4ccccc4)C(=O)N3C1)n2C(C)C. The number of halogens is 1. The minimum Gasteiger partial charge on any atom is -0.459 e. The quantitative estimate of drug-likeness (QED) is 0.0443. The fourth-order valence-electron chi connectivity index (χ4n) is 15.4. The number of rotatable bonds is 16. The van der Waals surface area contributed by atoms with Gasteiger partial charge in [0.05, 0.1) is 44.2 Å². The lowest BCUT2D eigenvalue weighted by atomic mass is 10.0. The molecule has 0 radical (unpaired) electrons. The summed E-state index contributed by atoms with van der Waals surface area (Å²) in [7, 11) is -7.83. The Morgan fingerprint density at radius 2 is 1.03 bits per heavy atom. The average Bonchev–Trinajstić information content (AvgIpc) is 1.57. The van der Waals surface area contributed by atoms with E-state index in [-0.39, 0.29) is 75.9 Å². The first-order valence-corrected chi connectivity index (χ1v) is 41.7. The Kier molecular flexibility index (Phi) is 24.7. The molecule has 2 aromatic heterocycles. The predicted octanol–water partition coefficient (Wildman–Crippen LogP) is 11.7. The second-order valence-corrected chi connectivity index (χ2v) is 36.2. The molecule has 108 heavy (non-hydrogen) atoms. The van der Waals surface area contributed by atoms with Crippen molar-refractivity contribution in [1.82, 2.24) is 49.0 Å². The van der Waals surface area contributed by atoms with Crippen molar-refractivity contribution in [3.63, 3.8) is 0 Å². The summed E-state index contributed by atoms with van der Waals surface area (Å²) in [6.45, 7) is 16.0. The number of fused-ring (bicyclic) bond motifs is 6. The zero-order chi connectivity index (χ0) is 76.4. The van der Waals surface area contributed by atoms with E-state index in [2.05, 4.69) is 106 Å². The molecule has 6 heterocycles. The average molecular weight is 1540 g/mol. The molecule has 4 aromatic carbocycles. The van der Waals surface area contributed by atoms with Crippen molar-refractivity contribution in [1.29, 1.82) is 0 Å². The molecule has 584 valence electrons. The standard InChI is InChI=1S/C40H52N6O6S.C28H38N4O6S.C12H15ClN2.CH4/c1-5-27-15-14-20-32-34(27)42-38(46(32)26(2)3)52-30-23-33-35(47)43-40(37(49)44-53(50,51)39(4)21-22-39)24-28(40)16-10-7-6-8-13-19-31(36(48)45(33)25-30)41-29-17-11-9-12-18-29;1-27(14-15-27)39(37,38)31-26(36)28-17-19(28)10-6-3-2-4-9-13-22(29-20-11-7-5-8-12-20)25(35)32-18-21(33)16-23(32)24(34)30-28;1-4-9-6-5-7-10-11(9)14-12(13)15(10)8(2)3;/h9-12,14-18,20,26,28,30-31,33,41H,5-8,13,19,21-25H2,1-4H3,(H,43,47)(H,44,49);5-8,10-12,19,21-23,29,33H,2-4,9,13-18H2,1H3,(H,30,34)(H,31,36);5-8H,4H2,1-3H3;1H4/b16-10-;10-6-;;/t28-,30-,31+,33+,40-;19-,21-,22+,23+,28-;;/m11../s1. The third-order valence-electron chi connectivity index (χ3n) is 22.8. The van der Waals surface area contributed by atoms with E-state index in [0.29, 0.717) is 55.9 Å². The number of benzene rings is 4. The number of hydrogen-bond acceptors (Lipinski definition) is 16. The summed E-state index contributed by atoms with van der Waals surface area (Å²) >= 11 is 6.14. The minimum absolute atomic E-state index is 0. The second kappa shape index (κ2) is 33.1. The lowest BCUT2D eigenvalue weighted by Crippen LogP contribution is -2.58. The first kappa shape index (κ1) is 80.7. The van der Waals surface area contributed by atoms with Crippen molar-refractivity contribution in [3.8, 4) is 6.01 Å². The second-order valence-electron chi connectivity index (χ2n) is 31.4. The lowest BCUT2D eigenvalue weighted by molar-refractivity contribution is -0.140. The number of ether oxygens (including phenoxy) is 1. The summed E-state index contributed by atoms with van der Waals surface area (Å²) in [5.41, 5.74) is 5.10. The number of aliphatic hydroxyl groups is 1. The van der Waals surface area contributed by atoms with Gasteiger partial charge < -0.3 is 45.5 Å². The van der Waals surface area contributed by atoms with Crippen molar-refractivity contribution in [2.45, 2.75) is 260 Å². The number of nitrogens with zero attached hydrogens (tertiary/aromatic N) is 6. The van der Waals surface area contributed by atoms with E-state index in [0.717, 1.165) is 103 Å². The normalized spacial score (nSPS) is 27.4. The maximum Gasteiger partial charge on any atom is 0.297 e. The number of carbonyl (C=O) groups is 6. The first-order chi connectivity index (χ1) is 51.0. The van der Waals surface area contributed by atoms with Crippen molar-refractivity contribution in [2.75, 3.05) is 23.7 Å². The smallest absolute Gasteiger partial charge is 0.297 e. The van der Waals surface area contributed by atoms with Crippen molar-refractivity contribution in [2.24, 2.45) is 11.8 Å². The highest BCUT2D eigenvalue weighted by Crippen LogP contribution is 2.50. The molecule has 8 aliphatic rings. The highest BCUT2D eigenvalue weighted by molar-refractivity contribution is 7.92. The molecule has 4 saturated carbocycles. The van der Waals surface area contributed by atoms with Gasteiger partial charge in [-0.05, 0) is 191 Å². The Bertz CT molecular complexity index is 4580. The van der Waals surface area contributed by atoms with E-state index < -0.39 is 101 Å². The summed E-state index contributed by atoms with van der Waals surface area (Å²) in [4.78, 5) is 96.2. The van der Waals surface area contributed by atoms with Crippen LogP contribution >= 0.6 is 11.6 Å². The van der Waals surface area contributed by atoms with Crippen LogP contribution < -0.4 is 35.4 Å². The van der Waals surface area contributed by atoms with Crippen molar-refractivity contribution < 1.29 is 55.4 Å². The minimum atomic E-state index is -3.94. The molecular weight excluding hydrogens is 1430 g/mol. The molecule has 0 unspecified atom stereocenters. The number of aliphatic hydroxyl groups excluding tert-OH is 1. The molecule has 6 aromatic rings. The van der Waals surface area contributed by atoms with Gasteiger partial charge in [-0.3, -0.25) is 42.8 Å². The van der Waals surface area contributed by atoms with E-state index in [9.17, 15) is 50.7 Å². The number of allylic oxidation sites excluding steroid dienone is 2. The van der Waals surface area contributed by atoms with Crippen LogP contribution in [0.5, 0.6) is 6.01 Å². The lowest BCUT2D eigenvalue weighted by Gasteiger charge is -2.30. The van der Waals surface area contributed by atoms with Gasteiger partial charge in [-0.1, -0.05) is 132 Å². The molecular formula is C81H109ClN12O12S2. The summed E-state index contributed by atoms with van der Waals surface area (Å²) in [5, 5.41) is 23.6. The summed E-state index contributed by atoms with van der Waals surface area (Å²) in [6, 6.07) is 29.0. The molecule has 4 aliphatic heterocycles. The van der Waals surface area contributed by atoms with Gasteiger partial charge in [0, 0.05) is 54.7 Å². The summed E-state index contributed by atoms with van der Waals surface area (Å²) < 4.78 is 65.3. The first-order valence-electron chi connectivity index (χ1n) is 38.4. The Morgan fingerprint density at radius 3 is 1.47 bits per heavy atom. The zero-order valence-electron chi connectivity index (χ0n) is 62.7. The molecule has 4 aliphatic carbocycles. The fourth-order valence-corrected chi connectivity index (χ4v) is 18.4. The van der Waals surface area contributed by atoms with Gasteiger partial charge in [-0.25, -0.2) is 21.8 Å². The van der Waals surface area contributed by atoms with E-state index in [1.54, 1.807) is 18.7 Å². The van der Waals surface area contributed by atoms with Crippen LogP contribution in [0.2, 0.25) is 5.28 Å². The Hall–Kier alpha value is -8.33. The van der Waals surface area contributed by atoms with Gasteiger partial charge in [0.2, 0.25) is 49.0 Å². The van der Waals surface area contributed by atoms with Crippen LogP contribution in [0.4, 0.5) is 11.4 Å². The number of imidazole rings is 2. The van der Waals surface area contributed by atoms with Crippen LogP contribution in [0.25, 0.3) is 22.1 Å². The van der Waals surface area contributed by atoms with Gasteiger partial charge in [-0.15, -0.1) is 0 Å². The molecule has 6 fully saturated rings. The van der Waals surface area contributed by atoms with Crippen LogP contribution in [-0.2, 0) is 61.7 Å². The van der Waals surface area contributed by atoms with Gasteiger partial charge >= 0.3 is 0 Å². The van der Waals surface area contributed by atoms with Crippen LogP contribution in [0, 0.1) is 11.8 Å². The molecule has 2 saturated heterocycles. The Morgan fingerprint density at radius 1 is 0.593 bits per heavy atom. The maximum absolute atomic E-state index is 14.7. The van der Waals surface area contributed by atoms with Gasteiger partial charge in [-0.2, -0.15) is 4.98 Å². The number of amides is 6. The number of aromatic nitrogens is 4. The Balaban J connectivity index is 0.000000184. The largest absolute Gasteiger partial charge is 0.459 e. The van der Waals surface area contributed by atoms with Crippen LogP contribution in [-0.4, -0.2) is 156 Å². The topological polar surface area (TPSA) is 314 Å². The highest BCUT2D eigenvalue weighted by Gasteiger charge is 2.65. The fraction of sp³-hybridized carbons (Fsp3) is 0.556. The molecule has 0 spiro atoms. The van der Waals surface area contributed by atoms with E-state index in [4.69, 9.17) is 21.3 Å². The summed E-state index contributed by atoms with van der Waals surface area (Å²) in [5.74, 6) is -3.78. The molecule has 10 atom stereocenters. The summed E-state index contributed by atoms with van der Waals surface area (Å²) in [6.07, 6.45) is 18.7. The number of hydrogen-bond donors (Lipinski definition) is 7. The molecule has 27 heteroatoms. The third-order valence-corrected chi connectivity index (χ3v) is 27.4. The molecule has 7 N–H and O–H groups in total. The molecule has 14 rings (SSSR count). The molecule has 0 bridgehead atoms. The number of para-hydroxylation sites is 4. The van der Waals surface area contributed by atoms with E-state index >= 15 is 0 Å². The van der Waals surface area contributed by atoms with E-state index in [1.165, 1.54) is 10.5 Å². The van der Waals surface area contributed by atoms with Gasteiger partial charge in [0.1, 0.15) is 41.3 Å². The zero-order valence-corrected chi connectivity index (χ0v) is 65.1. The van der Waals surface area contributed by atoms with Crippen molar-refractivity contribution >= 4 is 101 Å². The van der Waals surface area contributed by atoms with Crippen LogP contribution in [0.3, 0.4) is 0 Å². The van der Waals surface area contributed by atoms with Gasteiger partial charge in [0.25, 0.3) is 17.8 Å². The Labute approximate surface area is 640 Å². The van der Waals surface area contributed by atoms with Crippen LogP contribution in [0.15, 0.2) is 121 Å². The molecule has 24 nitrogen and oxygen atoms in total. The number of carbonyl (C=O) groups excluding carboxylic acids is 6. The number of sulfonamides is 2. The van der Waals surface area contributed by atoms with Crippen molar-refractivity contribution in [3.05, 3.63) is 138 Å². The number of nitrogens with one attached hydrogen (secondary N) is 6.